The summed E-state index contributed by atoms with van der Waals surface area (Å²) in [5.41, 5.74) is 7.32. The van der Waals surface area contributed by atoms with Gasteiger partial charge in [0.1, 0.15) is 16.7 Å². The number of nitrogen functional groups attached to an aromatic ring is 1. The molecule has 2 aromatic rings. The van der Waals surface area contributed by atoms with Crippen LogP contribution in [0.3, 0.4) is 0 Å². The number of hydrogen-bond acceptors (Lipinski definition) is 4. The summed E-state index contributed by atoms with van der Waals surface area (Å²) >= 11 is 5.83. The standard InChI is InChI=1S/C13H14ClN3O/c1-18-11-5-3-2-4-9(11)8-16-13-7-10(15)6-12(14)17-13/h2-7H,8H2,1H3,(H3,15,16,17). The number of nitrogens with one attached hydrogen (secondary N) is 1. The maximum absolute atomic E-state index is 5.83. The van der Waals surface area contributed by atoms with Crippen molar-refractivity contribution in [2.45, 2.75) is 6.54 Å². The maximum atomic E-state index is 5.83. The number of hydrogen-bond donors (Lipinski definition) is 2. The number of benzene rings is 1. The molecule has 94 valence electrons. The zero-order valence-electron chi connectivity index (χ0n) is 9.98. The quantitative estimate of drug-likeness (QED) is 0.833. The van der Waals surface area contributed by atoms with E-state index in [9.17, 15) is 0 Å². The zero-order valence-corrected chi connectivity index (χ0v) is 10.7. The van der Waals surface area contributed by atoms with Crippen molar-refractivity contribution in [3.63, 3.8) is 0 Å². The van der Waals surface area contributed by atoms with Gasteiger partial charge in [0.2, 0.25) is 0 Å². The van der Waals surface area contributed by atoms with Crippen LogP contribution in [0.5, 0.6) is 5.75 Å². The normalized spacial score (nSPS) is 10.1. The molecule has 0 atom stereocenters. The van der Waals surface area contributed by atoms with E-state index in [-0.39, 0.29) is 0 Å². The van der Waals surface area contributed by atoms with Gasteiger partial charge >= 0.3 is 0 Å². The number of halogens is 1. The predicted molar refractivity (Wildman–Crippen MR) is 74.0 cm³/mol. The summed E-state index contributed by atoms with van der Waals surface area (Å²) in [4.78, 5) is 4.14. The molecule has 0 radical (unpaired) electrons. The number of methoxy groups -OCH3 is 1. The predicted octanol–water partition coefficient (Wildman–Crippen LogP) is 2.94. The third-order valence-electron chi connectivity index (χ3n) is 2.47. The molecule has 18 heavy (non-hydrogen) atoms. The second-order valence-corrected chi connectivity index (χ2v) is 4.16. The molecule has 5 heteroatoms. The highest BCUT2D eigenvalue weighted by atomic mass is 35.5. The van der Waals surface area contributed by atoms with E-state index in [1.165, 1.54) is 0 Å². The van der Waals surface area contributed by atoms with Crippen LogP contribution >= 0.6 is 11.6 Å². The second kappa shape index (κ2) is 5.60. The highest BCUT2D eigenvalue weighted by Crippen LogP contribution is 2.20. The third-order valence-corrected chi connectivity index (χ3v) is 2.66. The molecule has 0 aliphatic rings. The number of ether oxygens (including phenoxy) is 1. The Hall–Kier alpha value is -1.94. The van der Waals surface area contributed by atoms with Crippen LogP contribution in [0.4, 0.5) is 11.5 Å². The summed E-state index contributed by atoms with van der Waals surface area (Å²) in [6.45, 7) is 0.594. The first-order valence-corrected chi connectivity index (χ1v) is 5.85. The van der Waals surface area contributed by atoms with Crippen molar-refractivity contribution in [3.05, 3.63) is 47.1 Å². The monoisotopic (exact) mass is 263 g/mol. The second-order valence-electron chi connectivity index (χ2n) is 3.77. The van der Waals surface area contributed by atoms with Gasteiger partial charge in [0.25, 0.3) is 0 Å². The Morgan fingerprint density at radius 2 is 2.11 bits per heavy atom. The van der Waals surface area contributed by atoms with Crippen LogP contribution in [-0.4, -0.2) is 12.1 Å². The molecule has 0 aliphatic carbocycles. The van der Waals surface area contributed by atoms with Crippen molar-refractivity contribution in [2.75, 3.05) is 18.2 Å². The average Bonchev–Trinajstić information content (AvgIpc) is 2.35. The summed E-state index contributed by atoms with van der Waals surface area (Å²) in [5.74, 6) is 1.48. The van der Waals surface area contributed by atoms with E-state index in [1.54, 1.807) is 19.2 Å². The van der Waals surface area contributed by atoms with Crippen molar-refractivity contribution in [1.82, 2.24) is 4.98 Å². The van der Waals surface area contributed by atoms with Gasteiger partial charge in [0, 0.05) is 23.9 Å². The third kappa shape index (κ3) is 3.05. The van der Waals surface area contributed by atoms with Gasteiger partial charge in [0.15, 0.2) is 0 Å². The van der Waals surface area contributed by atoms with Crippen molar-refractivity contribution < 1.29 is 4.74 Å². The first-order valence-electron chi connectivity index (χ1n) is 5.48. The summed E-state index contributed by atoms with van der Waals surface area (Å²) in [6.07, 6.45) is 0. The fourth-order valence-electron chi connectivity index (χ4n) is 1.64. The first-order chi connectivity index (χ1) is 8.69. The van der Waals surface area contributed by atoms with E-state index in [4.69, 9.17) is 22.1 Å². The van der Waals surface area contributed by atoms with Gasteiger partial charge in [-0.05, 0) is 12.1 Å². The fraction of sp³-hybridized carbons (Fsp3) is 0.154. The van der Waals surface area contributed by atoms with E-state index >= 15 is 0 Å². The smallest absolute Gasteiger partial charge is 0.133 e. The molecule has 0 spiro atoms. The van der Waals surface area contributed by atoms with E-state index in [1.807, 2.05) is 24.3 Å². The van der Waals surface area contributed by atoms with E-state index in [0.29, 0.717) is 23.2 Å². The Morgan fingerprint density at radius 1 is 1.33 bits per heavy atom. The maximum Gasteiger partial charge on any atom is 0.133 e. The minimum absolute atomic E-state index is 0.373. The molecular formula is C13H14ClN3O. The van der Waals surface area contributed by atoms with Crippen LogP contribution in [0.25, 0.3) is 0 Å². The fourth-order valence-corrected chi connectivity index (χ4v) is 1.86. The van der Waals surface area contributed by atoms with Gasteiger partial charge in [0.05, 0.1) is 7.11 Å². The number of para-hydroxylation sites is 1. The molecule has 0 aliphatic heterocycles. The number of nitrogens with zero attached hydrogens (tertiary/aromatic N) is 1. The number of pyridine rings is 1. The van der Waals surface area contributed by atoms with Gasteiger partial charge in [-0.2, -0.15) is 0 Å². The van der Waals surface area contributed by atoms with E-state index in [0.717, 1.165) is 11.3 Å². The molecule has 0 saturated carbocycles. The topological polar surface area (TPSA) is 60.2 Å². The molecule has 3 N–H and O–H groups in total. The Morgan fingerprint density at radius 3 is 2.83 bits per heavy atom. The molecule has 1 aromatic heterocycles. The van der Waals surface area contributed by atoms with Crippen LogP contribution in [0.1, 0.15) is 5.56 Å². The molecule has 0 bridgehead atoms. The Kier molecular flexibility index (Phi) is 3.89. The molecule has 1 heterocycles. The molecule has 0 fully saturated rings. The number of anilines is 2. The van der Waals surface area contributed by atoms with Crippen LogP contribution in [0.15, 0.2) is 36.4 Å². The summed E-state index contributed by atoms with van der Waals surface area (Å²) < 4.78 is 5.27. The average molecular weight is 264 g/mol. The minimum Gasteiger partial charge on any atom is -0.496 e. The number of rotatable bonds is 4. The van der Waals surface area contributed by atoms with Crippen molar-refractivity contribution in [2.24, 2.45) is 0 Å². The number of nitrogens with two attached hydrogens (primary N) is 1. The molecule has 4 nitrogen and oxygen atoms in total. The summed E-state index contributed by atoms with van der Waals surface area (Å²) in [7, 11) is 1.65. The summed E-state index contributed by atoms with van der Waals surface area (Å²) in [6, 6.07) is 11.1. The lowest BCUT2D eigenvalue weighted by atomic mass is 10.2. The lowest BCUT2D eigenvalue weighted by Crippen LogP contribution is -2.03. The van der Waals surface area contributed by atoms with Crippen LogP contribution in [0.2, 0.25) is 5.15 Å². The Balaban J connectivity index is 2.11. The van der Waals surface area contributed by atoms with Crippen molar-refractivity contribution in [3.8, 4) is 5.75 Å². The van der Waals surface area contributed by atoms with E-state index in [2.05, 4.69) is 10.3 Å². The summed E-state index contributed by atoms with van der Waals surface area (Å²) in [5, 5.41) is 3.53. The van der Waals surface area contributed by atoms with Crippen molar-refractivity contribution >= 4 is 23.1 Å². The highest BCUT2D eigenvalue weighted by Gasteiger charge is 2.03. The molecule has 2 rings (SSSR count). The van der Waals surface area contributed by atoms with Gasteiger partial charge in [-0.3, -0.25) is 0 Å². The molecular weight excluding hydrogens is 250 g/mol. The first kappa shape index (κ1) is 12.5. The lowest BCUT2D eigenvalue weighted by Gasteiger charge is -2.10. The Bertz CT molecular complexity index is 525. The molecule has 0 unspecified atom stereocenters. The van der Waals surface area contributed by atoms with Crippen molar-refractivity contribution in [1.29, 1.82) is 0 Å². The highest BCUT2D eigenvalue weighted by molar-refractivity contribution is 6.29. The SMILES string of the molecule is COc1ccccc1CNc1cc(N)cc(Cl)n1. The van der Waals surface area contributed by atoms with Gasteiger partial charge in [-0.15, -0.1) is 0 Å². The van der Waals surface area contributed by atoms with Crippen LogP contribution in [0, 0.1) is 0 Å². The van der Waals surface area contributed by atoms with Crippen LogP contribution < -0.4 is 15.8 Å². The Labute approximate surface area is 111 Å². The van der Waals surface area contributed by atoms with E-state index < -0.39 is 0 Å². The number of aromatic nitrogens is 1. The minimum atomic E-state index is 0.373. The van der Waals surface area contributed by atoms with Gasteiger partial charge < -0.3 is 15.8 Å². The lowest BCUT2D eigenvalue weighted by molar-refractivity contribution is 0.410. The molecule has 1 aromatic carbocycles. The zero-order chi connectivity index (χ0) is 13.0. The van der Waals surface area contributed by atoms with Gasteiger partial charge in [-0.1, -0.05) is 29.8 Å². The molecule has 0 saturated heterocycles. The van der Waals surface area contributed by atoms with Crippen LogP contribution in [-0.2, 0) is 6.54 Å². The largest absolute Gasteiger partial charge is 0.496 e. The van der Waals surface area contributed by atoms with Gasteiger partial charge in [-0.25, -0.2) is 4.98 Å². The molecule has 0 amide bonds.